The number of hydrogen-bond acceptors (Lipinski definition) is 4. The van der Waals surface area contributed by atoms with Gasteiger partial charge in [0.25, 0.3) is 11.5 Å². The average molecular weight is 337 g/mol. The highest BCUT2D eigenvalue weighted by Crippen LogP contribution is 2.26. The molecule has 0 radical (unpaired) electrons. The Morgan fingerprint density at radius 1 is 1.08 bits per heavy atom. The quantitative estimate of drug-likeness (QED) is 0.767. The van der Waals surface area contributed by atoms with Gasteiger partial charge in [-0.15, -0.1) is 0 Å². The minimum atomic E-state index is -0.426. The first kappa shape index (κ1) is 16.6. The van der Waals surface area contributed by atoms with Crippen LogP contribution >= 0.6 is 0 Å². The van der Waals surface area contributed by atoms with Gasteiger partial charge < -0.3 is 5.32 Å². The summed E-state index contributed by atoms with van der Waals surface area (Å²) in [6.45, 7) is 6.17. The lowest BCUT2D eigenvalue weighted by molar-refractivity contribution is 0.101. The smallest absolute Gasteiger partial charge is 0.277 e. The van der Waals surface area contributed by atoms with Gasteiger partial charge in [0.15, 0.2) is 5.82 Å². The summed E-state index contributed by atoms with van der Waals surface area (Å²) < 4.78 is 1.11. The highest BCUT2D eigenvalue weighted by atomic mass is 16.2. The van der Waals surface area contributed by atoms with Crippen molar-refractivity contribution in [2.24, 2.45) is 7.05 Å². The Balaban J connectivity index is 1.84. The number of nitrogens with zero attached hydrogens (tertiary/aromatic N) is 3. The molecule has 0 saturated heterocycles. The SMILES string of the molecule is Cc1cc(C)c(-c2cc(NC(=O)c3ccc(=O)n(C)n3)n[nH]2)cc1C. The first-order valence-electron chi connectivity index (χ1n) is 7.84. The minimum Gasteiger partial charge on any atom is -0.304 e. The number of hydrogen-bond donors (Lipinski definition) is 2. The van der Waals surface area contributed by atoms with Gasteiger partial charge in [0.2, 0.25) is 0 Å². The van der Waals surface area contributed by atoms with Crippen LogP contribution in [0.4, 0.5) is 5.82 Å². The molecular formula is C18H19N5O2. The number of anilines is 1. The Kier molecular flexibility index (Phi) is 4.22. The van der Waals surface area contributed by atoms with Crippen LogP contribution in [-0.4, -0.2) is 25.9 Å². The van der Waals surface area contributed by atoms with Gasteiger partial charge in [-0.05, 0) is 49.6 Å². The zero-order valence-corrected chi connectivity index (χ0v) is 14.5. The summed E-state index contributed by atoms with van der Waals surface area (Å²) in [5.74, 6) is -0.0289. The Bertz CT molecular complexity index is 1020. The third-order valence-corrected chi connectivity index (χ3v) is 4.14. The van der Waals surface area contributed by atoms with Crippen LogP contribution in [0.3, 0.4) is 0 Å². The van der Waals surface area contributed by atoms with Gasteiger partial charge in [-0.25, -0.2) is 4.68 Å². The lowest BCUT2D eigenvalue weighted by Crippen LogP contribution is -2.23. The largest absolute Gasteiger partial charge is 0.304 e. The molecule has 1 amide bonds. The molecule has 0 aliphatic carbocycles. The molecule has 0 unspecified atom stereocenters. The van der Waals surface area contributed by atoms with Gasteiger partial charge in [0, 0.05) is 24.7 Å². The fourth-order valence-electron chi connectivity index (χ4n) is 2.58. The maximum absolute atomic E-state index is 12.2. The fourth-order valence-corrected chi connectivity index (χ4v) is 2.58. The highest BCUT2D eigenvalue weighted by Gasteiger charge is 2.13. The Hall–Kier alpha value is -3.22. The van der Waals surface area contributed by atoms with Crippen LogP contribution in [0.1, 0.15) is 27.2 Å². The molecule has 1 aromatic carbocycles. The molecular weight excluding hydrogens is 318 g/mol. The Morgan fingerprint density at radius 3 is 2.52 bits per heavy atom. The first-order valence-corrected chi connectivity index (χ1v) is 7.84. The van der Waals surface area contributed by atoms with Crippen LogP contribution in [0.5, 0.6) is 0 Å². The van der Waals surface area contributed by atoms with Crippen LogP contribution in [0, 0.1) is 20.8 Å². The normalized spacial score (nSPS) is 10.7. The number of rotatable bonds is 3. The molecule has 0 aliphatic rings. The summed E-state index contributed by atoms with van der Waals surface area (Å²) in [5, 5.41) is 13.7. The van der Waals surface area contributed by atoms with Crippen molar-refractivity contribution < 1.29 is 4.79 Å². The second-order valence-electron chi connectivity index (χ2n) is 6.05. The van der Waals surface area contributed by atoms with E-state index in [-0.39, 0.29) is 11.3 Å². The lowest BCUT2D eigenvalue weighted by atomic mass is 9.99. The summed E-state index contributed by atoms with van der Waals surface area (Å²) >= 11 is 0. The molecule has 0 aliphatic heterocycles. The number of aryl methyl sites for hydroxylation is 4. The molecule has 2 N–H and O–H groups in total. The molecule has 7 nitrogen and oxygen atoms in total. The van der Waals surface area contributed by atoms with E-state index < -0.39 is 5.91 Å². The minimum absolute atomic E-state index is 0.147. The summed E-state index contributed by atoms with van der Waals surface area (Å²) in [4.78, 5) is 23.6. The van der Waals surface area contributed by atoms with Crippen molar-refractivity contribution in [2.75, 3.05) is 5.32 Å². The summed E-state index contributed by atoms with van der Waals surface area (Å²) in [6, 6.07) is 8.68. The first-order chi connectivity index (χ1) is 11.8. The van der Waals surface area contributed by atoms with Crippen LogP contribution < -0.4 is 10.9 Å². The maximum atomic E-state index is 12.2. The summed E-state index contributed by atoms with van der Waals surface area (Å²) in [7, 11) is 1.49. The number of H-pyrrole nitrogens is 1. The summed E-state index contributed by atoms with van der Waals surface area (Å²) in [6.07, 6.45) is 0. The number of aromatic nitrogens is 4. The highest BCUT2D eigenvalue weighted by molar-refractivity contribution is 6.02. The monoisotopic (exact) mass is 337 g/mol. The third-order valence-electron chi connectivity index (χ3n) is 4.14. The molecule has 2 heterocycles. The topological polar surface area (TPSA) is 92.7 Å². The van der Waals surface area contributed by atoms with Gasteiger partial charge in [-0.3, -0.25) is 14.7 Å². The molecule has 0 atom stereocenters. The van der Waals surface area contributed by atoms with E-state index in [2.05, 4.69) is 46.6 Å². The van der Waals surface area contributed by atoms with Crippen molar-refractivity contribution >= 4 is 11.7 Å². The van der Waals surface area contributed by atoms with E-state index in [1.165, 1.54) is 30.3 Å². The van der Waals surface area contributed by atoms with Crippen LogP contribution in [0.25, 0.3) is 11.3 Å². The fraction of sp³-hybridized carbons (Fsp3) is 0.222. The van der Waals surface area contributed by atoms with E-state index in [9.17, 15) is 9.59 Å². The molecule has 0 saturated carbocycles. The Labute approximate surface area is 144 Å². The molecule has 7 heteroatoms. The van der Waals surface area contributed by atoms with Crippen LogP contribution in [0.2, 0.25) is 0 Å². The molecule has 0 spiro atoms. The zero-order valence-electron chi connectivity index (χ0n) is 14.5. The van der Waals surface area contributed by atoms with Gasteiger partial charge in [-0.1, -0.05) is 6.07 Å². The van der Waals surface area contributed by atoms with E-state index >= 15 is 0 Å². The maximum Gasteiger partial charge on any atom is 0.277 e. The standard InChI is InChI=1S/C18H19N5O2/c1-10-7-12(3)13(8-11(10)2)15-9-16(21-20-15)19-18(25)14-5-6-17(24)23(4)22-14/h5-9H,1-4H3,(H2,19,20,21,25). The molecule has 3 aromatic rings. The van der Waals surface area contributed by atoms with Crippen LogP contribution in [0.15, 0.2) is 35.1 Å². The van der Waals surface area contributed by atoms with Crippen molar-refractivity contribution in [1.82, 2.24) is 20.0 Å². The van der Waals surface area contributed by atoms with Gasteiger partial charge >= 0.3 is 0 Å². The number of amides is 1. The van der Waals surface area contributed by atoms with E-state index in [0.29, 0.717) is 5.82 Å². The Morgan fingerprint density at radius 2 is 1.80 bits per heavy atom. The number of benzene rings is 1. The predicted molar refractivity (Wildman–Crippen MR) is 95.7 cm³/mol. The number of carbonyl (C=O) groups is 1. The molecule has 0 fully saturated rings. The average Bonchev–Trinajstić information content (AvgIpc) is 3.01. The van der Waals surface area contributed by atoms with Crippen molar-refractivity contribution in [1.29, 1.82) is 0 Å². The van der Waals surface area contributed by atoms with Gasteiger partial charge in [0.05, 0.1) is 5.69 Å². The van der Waals surface area contributed by atoms with E-state index in [1.54, 1.807) is 6.07 Å². The van der Waals surface area contributed by atoms with Crippen molar-refractivity contribution in [2.45, 2.75) is 20.8 Å². The zero-order chi connectivity index (χ0) is 18.1. The van der Waals surface area contributed by atoms with Crippen LogP contribution in [-0.2, 0) is 7.05 Å². The lowest BCUT2D eigenvalue weighted by Gasteiger charge is -2.07. The van der Waals surface area contributed by atoms with E-state index in [1.807, 2.05) is 6.92 Å². The van der Waals surface area contributed by atoms with Crippen molar-refractivity contribution in [3.05, 3.63) is 63.1 Å². The predicted octanol–water partition coefficient (Wildman–Crippen LogP) is 2.35. The second-order valence-corrected chi connectivity index (χ2v) is 6.05. The summed E-state index contributed by atoms with van der Waals surface area (Å²) in [5.41, 5.74) is 5.29. The second kappa shape index (κ2) is 6.35. The molecule has 128 valence electrons. The van der Waals surface area contributed by atoms with Crippen molar-refractivity contribution in [3.8, 4) is 11.3 Å². The number of nitrogens with one attached hydrogen (secondary N) is 2. The molecule has 3 rings (SSSR count). The third kappa shape index (κ3) is 3.35. The van der Waals surface area contributed by atoms with Gasteiger partial charge in [0.1, 0.15) is 5.69 Å². The van der Waals surface area contributed by atoms with Gasteiger partial charge in [-0.2, -0.15) is 10.2 Å². The molecule has 25 heavy (non-hydrogen) atoms. The van der Waals surface area contributed by atoms with E-state index in [0.717, 1.165) is 21.5 Å². The molecule has 0 bridgehead atoms. The molecule has 2 aromatic heterocycles. The van der Waals surface area contributed by atoms with E-state index in [4.69, 9.17) is 0 Å². The number of aromatic amines is 1. The van der Waals surface area contributed by atoms with Crippen molar-refractivity contribution in [3.63, 3.8) is 0 Å². The number of carbonyl (C=O) groups excluding carboxylic acids is 1.